The lowest BCUT2D eigenvalue weighted by molar-refractivity contribution is -0.150. The highest BCUT2D eigenvalue weighted by molar-refractivity contribution is 5.86. The Morgan fingerprint density at radius 2 is 2.36 bits per heavy atom. The first-order valence-electron chi connectivity index (χ1n) is 4.51. The fraction of sp³-hybridized carbons (Fsp3) is 0.600. The summed E-state index contributed by atoms with van der Waals surface area (Å²) in [7, 11) is 1.32. The molecular weight excluding hydrogens is 182 g/mol. The van der Waals surface area contributed by atoms with Crippen molar-refractivity contribution in [1.82, 2.24) is 4.90 Å². The lowest BCUT2D eigenvalue weighted by Crippen LogP contribution is -2.40. The van der Waals surface area contributed by atoms with Crippen molar-refractivity contribution in [2.24, 2.45) is 0 Å². The minimum absolute atomic E-state index is 0.0491. The van der Waals surface area contributed by atoms with Gasteiger partial charge in [0.15, 0.2) is 0 Å². The first-order valence-corrected chi connectivity index (χ1v) is 4.51. The molecule has 76 valence electrons. The van der Waals surface area contributed by atoms with E-state index in [1.54, 1.807) is 0 Å². The zero-order valence-corrected chi connectivity index (χ0v) is 8.16. The number of ether oxygens (including phenoxy) is 1. The molecule has 1 saturated heterocycles. The molecule has 0 spiro atoms. The maximum atomic E-state index is 11.5. The Hall–Kier alpha value is -1.50. The zero-order chi connectivity index (χ0) is 10.6. The number of likely N-dealkylation sites (tertiary alicyclic amines) is 1. The highest BCUT2D eigenvalue weighted by atomic mass is 16.5. The molecule has 1 rings (SSSR count). The summed E-state index contributed by atoms with van der Waals surface area (Å²) in [5, 5.41) is 0. The van der Waals surface area contributed by atoms with E-state index in [0.717, 1.165) is 6.42 Å². The maximum Gasteiger partial charge on any atom is 0.328 e. The van der Waals surface area contributed by atoms with Crippen LogP contribution in [0.2, 0.25) is 0 Å². The van der Waals surface area contributed by atoms with Gasteiger partial charge >= 0.3 is 5.97 Å². The SMILES string of the molecule is C#CCC(=O)N1CCCC1C(=O)OC. The number of terminal acetylenes is 1. The van der Waals surface area contributed by atoms with E-state index < -0.39 is 6.04 Å². The van der Waals surface area contributed by atoms with Gasteiger partial charge in [0.05, 0.1) is 13.5 Å². The van der Waals surface area contributed by atoms with Crippen LogP contribution in [-0.4, -0.2) is 36.5 Å². The molecule has 0 saturated carbocycles. The molecule has 1 aliphatic rings. The second-order valence-corrected chi connectivity index (χ2v) is 3.15. The summed E-state index contributed by atoms with van der Waals surface area (Å²) in [6.45, 7) is 0.598. The highest BCUT2D eigenvalue weighted by Crippen LogP contribution is 2.18. The smallest absolute Gasteiger partial charge is 0.328 e. The van der Waals surface area contributed by atoms with Gasteiger partial charge in [0.1, 0.15) is 6.04 Å². The molecule has 1 atom stereocenters. The van der Waals surface area contributed by atoms with Crippen molar-refractivity contribution in [3.05, 3.63) is 0 Å². The summed E-state index contributed by atoms with van der Waals surface area (Å²) in [5.41, 5.74) is 0. The van der Waals surface area contributed by atoms with Gasteiger partial charge in [-0.15, -0.1) is 6.42 Å². The molecule has 1 unspecified atom stereocenters. The molecule has 1 aliphatic heterocycles. The van der Waals surface area contributed by atoms with Gasteiger partial charge < -0.3 is 9.64 Å². The molecule has 0 aromatic heterocycles. The van der Waals surface area contributed by atoms with E-state index in [4.69, 9.17) is 6.42 Å². The Balaban J connectivity index is 2.64. The van der Waals surface area contributed by atoms with Crippen LogP contribution in [0.25, 0.3) is 0 Å². The Morgan fingerprint density at radius 1 is 1.64 bits per heavy atom. The van der Waals surface area contributed by atoms with Crippen LogP contribution in [-0.2, 0) is 14.3 Å². The number of esters is 1. The third kappa shape index (κ3) is 2.05. The minimum atomic E-state index is -0.430. The van der Waals surface area contributed by atoms with Gasteiger partial charge in [-0.2, -0.15) is 0 Å². The monoisotopic (exact) mass is 195 g/mol. The largest absolute Gasteiger partial charge is 0.467 e. The van der Waals surface area contributed by atoms with Gasteiger partial charge in [0.25, 0.3) is 0 Å². The maximum absolute atomic E-state index is 11.5. The number of rotatable bonds is 2. The van der Waals surface area contributed by atoms with Crippen LogP contribution >= 0.6 is 0 Å². The van der Waals surface area contributed by atoms with Gasteiger partial charge in [0, 0.05) is 6.54 Å². The molecule has 0 radical (unpaired) electrons. The number of amides is 1. The summed E-state index contributed by atoms with van der Waals surface area (Å²) in [4.78, 5) is 24.2. The Labute approximate surface area is 83.2 Å². The first-order chi connectivity index (χ1) is 6.70. The van der Waals surface area contributed by atoms with Crippen LogP contribution in [0, 0.1) is 12.3 Å². The van der Waals surface area contributed by atoms with Crippen LogP contribution in [0.1, 0.15) is 19.3 Å². The van der Waals surface area contributed by atoms with E-state index >= 15 is 0 Å². The highest BCUT2D eigenvalue weighted by Gasteiger charge is 2.34. The van der Waals surface area contributed by atoms with Gasteiger partial charge in [-0.3, -0.25) is 4.79 Å². The van der Waals surface area contributed by atoms with Gasteiger partial charge in [0.2, 0.25) is 5.91 Å². The molecule has 1 fully saturated rings. The number of carbonyl (C=O) groups excluding carboxylic acids is 2. The van der Waals surface area contributed by atoms with Crippen molar-refractivity contribution in [3.8, 4) is 12.3 Å². The summed E-state index contributed by atoms with van der Waals surface area (Å²) in [5.74, 6) is 1.76. The van der Waals surface area contributed by atoms with E-state index in [2.05, 4.69) is 10.7 Å². The predicted molar refractivity (Wildman–Crippen MR) is 50.2 cm³/mol. The van der Waals surface area contributed by atoms with E-state index in [0.29, 0.717) is 13.0 Å². The number of nitrogens with zero attached hydrogens (tertiary/aromatic N) is 1. The third-order valence-electron chi connectivity index (χ3n) is 2.30. The molecule has 4 heteroatoms. The second kappa shape index (κ2) is 4.66. The predicted octanol–water partition coefficient (Wildman–Crippen LogP) is 0.174. The summed E-state index contributed by atoms with van der Waals surface area (Å²) in [6.07, 6.45) is 6.59. The molecule has 0 aliphatic carbocycles. The fourth-order valence-corrected chi connectivity index (χ4v) is 1.64. The van der Waals surface area contributed by atoms with Crippen molar-refractivity contribution < 1.29 is 14.3 Å². The van der Waals surface area contributed by atoms with Crippen molar-refractivity contribution in [2.75, 3.05) is 13.7 Å². The van der Waals surface area contributed by atoms with Gasteiger partial charge in [-0.05, 0) is 12.8 Å². The van der Waals surface area contributed by atoms with Crippen molar-refractivity contribution in [2.45, 2.75) is 25.3 Å². The molecule has 0 aromatic rings. The van der Waals surface area contributed by atoms with Crippen molar-refractivity contribution >= 4 is 11.9 Å². The van der Waals surface area contributed by atoms with E-state index in [-0.39, 0.29) is 18.3 Å². The number of carbonyl (C=O) groups is 2. The third-order valence-corrected chi connectivity index (χ3v) is 2.30. The number of methoxy groups -OCH3 is 1. The second-order valence-electron chi connectivity index (χ2n) is 3.15. The topological polar surface area (TPSA) is 46.6 Å². The Bertz CT molecular complexity index is 280. The summed E-state index contributed by atoms with van der Waals surface area (Å²) in [6, 6.07) is -0.430. The van der Waals surface area contributed by atoms with E-state index in [1.165, 1.54) is 12.0 Å². The zero-order valence-electron chi connectivity index (χ0n) is 8.16. The summed E-state index contributed by atoms with van der Waals surface area (Å²) < 4.78 is 4.61. The molecule has 1 amide bonds. The molecule has 0 bridgehead atoms. The van der Waals surface area contributed by atoms with Crippen LogP contribution in [0.15, 0.2) is 0 Å². The van der Waals surface area contributed by atoms with E-state index in [9.17, 15) is 9.59 Å². The normalized spacial score (nSPS) is 20.3. The average molecular weight is 195 g/mol. The lowest BCUT2D eigenvalue weighted by Gasteiger charge is -2.21. The number of hydrogen-bond donors (Lipinski definition) is 0. The van der Waals surface area contributed by atoms with Crippen molar-refractivity contribution in [3.63, 3.8) is 0 Å². The summed E-state index contributed by atoms with van der Waals surface area (Å²) >= 11 is 0. The molecule has 1 heterocycles. The molecule has 4 nitrogen and oxygen atoms in total. The van der Waals surface area contributed by atoms with Crippen LogP contribution in [0.3, 0.4) is 0 Å². The van der Waals surface area contributed by atoms with Gasteiger partial charge in [-0.1, -0.05) is 5.92 Å². The number of hydrogen-bond acceptors (Lipinski definition) is 3. The minimum Gasteiger partial charge on any atom is -0.467 e. The van der Waals surface area contributed by atoms with E-state index in [1.807, 2.05) is 0 Å². The van der Waals surface area contributed by atoms with Crippen LogP contribution < -0.4 is 0 Å². The van der Waals surface area contributed by atoms with Crippen molar-refractivity contribution in [1.29, 1.82) is 0 Å². The Kier molecular flexibility index (Phi) is 3.52. The standard InChI is InChI=1S/C10H13NO3/c1-3-5-9(12)11-7-4-6-8(11)10(13)14-2/h1,8H,4-7H2,2H3. The Morgan fingerprint density at radius 3 is 2.93 bits per heavy atom. The quantitative estimate of drug-likeness (QED) is 0.466. The molecule has 14 heavy (non-hydrogen) atoms. The molecule has 0 N–H and O–H groups in total. The first kappa shape index (κ1) is 10.6. The molecular formula is C10H13NO3. The van der Waals surface area contributed by atoms with Crippen LogP contribution in [0.5, 0.6) is 0 Å². The average Bonchev–Trinajstić information content (AvgIpc) is 2.65. The van der Waals surface area contributed by atoms with Crippen LogP contribution in [0.4, 0.5) is 0 Å². The molecule has 0 aromatic carbocycles. The van der Waals surface area contributed by atoms with Gasteiger partial charge in [-0.25, -0.2) is 4.79 Å². The fourth-order valence-electron chi connectivity index (χ4n) is 1.64. The lowest BCUT2D eigenvalue weighted by atomic mass is 10.2.